The number of amides is 1. The minimum absolute atomic E-state index is 0.0398. The fourth-order valence-electron chi connectivity index (χ4n) is 2.28. The smallest absolute Gasteiger partial charge is 0.243 e. The molecule has 0 unspecified atom stereocenters. The van der Waals surface area contributed by atoms with Crippen LogP contribution in [0.2, 0.25) is 0 Å². The fourth-order valence-corrected chi connectivity index (χ4v) is 2.28. The Morgan fingerprint density at radius 1 is 1.12 bits per heavy atom. The molecule has 1 heterocycles. The van der Waals surface area contributed by atoms with Crippen molar-refractivity contribution in [3.63, 3.8) is 0 Å². The molecule has 0 spiro atoms. The van der Waals surface area contributed by atoms with Crippen molar-refractivity contribution in [2.24, 2.45) is 5.92 Å². The van der Waals surface area contributed by atoms with E-state index in [0.29, 0.717) is 19.3 Å². The number of carbonyl (C=O) groups excluding carboxylic acids is 1. The van der Waals surface area contributed by atoms with Crippen LogP contribution in [0, 0.1) is 5.92 Å². The lowest BCUT2D eigenvalue weighted by Gasteiger charge is -2.03. The van der Waals surface area contributed by atoms with Gasteiger partial charge in [-0.05, 0) is 42.9 Å². The molecule has 0 saturated heterocycles. The van der Waals surface area contributed by atoms with Crippen molar-refractivity contribution in [3.05, 3.63) is 60.2 Å². The molecule has 0 aliphatic carbocycles. The maximum atomic E-state index is 11.5. The largest absolute Gasteiger partial charge is 0.454 e. The third-order valence-electron chi connectivity index (χ3n) is 3.64. The molecule has 0 fully saturated rings. The predicted molar refractivity (Wildman–Crippen MR) is 101 cm³/mol. The van der Waals surface area contributed by atoms with E-state index in [4.69, 9.17) is 9.47 Å². The first-order valence-electron chi connectivity index (χ1n) is 8.79. The summed E-state index contributed by atoms with van der Waals surface area (Å²) in [5.41, 5.74) is 1.21. The van der Waals surface area contributed by atoms with Crippen molar-refractivity contribution in [2.45, 2.75) is 33.1 Å². The summed E-state index contributed by atoms with van der Waals surface area (Å²) < 4.78 is 10.7. The van der Waals surface area contributed by atoms with Crippen LogP contribution in [-0.2, 0) is 11.2 Å². The molecular weight excluding hydrogens is 314 g/mol. The molecule has 25 heavy (non-hydrogen) atoms. The molecular formula is C21H27NO3. The van der Waals surface area contributed by atoms with Crippen LogP contribution >= 0.6 is 0 Å². The van der Waals surface area contributed by atoms with Crippen LogP contribution in [0.15, 0.2) is 54.7 Å². The van der Waals surface area contributed by atoms with Crippen molar-refractivity contribution in [1.29, 1.82) is 0 Å². The summed E-state index contributed by atoms with van der Waals surface area (Å²) in [6, 6.07) is 6.05. The van der Waals surface area contributed by atoms with Crippen molar-refractivity contribution >= 4 is 5.91 Å². The Morgan fingerprint density at radius 2 is 1.92 bits per heavy atom. The van der Waals surface area contributed by atoms with Crippen molar-refractivity contribution in [1.82, 2.24) is 5.32 Å². The lowest BCUT2D eigenvalue weighted by atomic mass is 10.1. The zero-order valence-electron chi connectivity index (χ0n) is 15.0. The highest BCUT2D eigenvalue weighted by molar-refractivity contribution is 5.87. The van der Waals surface area contributed by atoms with Gasteiger partial charge in [-0.3, -0.25) is 4.79 Å². The second-order valence-electron chi connectivity index (χ2n) is 6.37. The van der Waals surface area contributed by atoms with E-state index in [2.05, 4.69) is 43.5 Å². The Labute approximate surface area is 150 Å². The number of fused-ring (bicyclic) bond motifs is 1. The molecule has 1 N–H and O–H groups in total. The highest BCUT2D eigenvalue weighted by atomic mass is 16.7. The molecule has 1 aliphatic rings. The molecule has 0 radical (unpaired) electrons. The van der Waals surface area contributed by atoms with E-state index in [9.17, 15) is 4.79 Å². The molecule has 0 saturated carbocycles. The van der Waals surface area contributed by atoms with Crippen LogP contribution in [0.4, 0.5) is 0 Å². The van der Waals surface area contributed by atoms with Gasteiger partial charge in [-0.1, -0.05) is 50.3 Å². The molecule has 1 aliphatic heterocycles. The third kappa shape index (κ3) is 7.29. The average Bonchev–Trinajstić information content (AvgIpc) is 3.06. The number of allylic oxidation sites excluding steroid dienone is 5. The molecule has 4 heteroatoms. The Morgan fingerprint density at radius 3 is 2.76 bits per heavy atom. The minimum Gasteiger partial charge on any atom is -0.454 e. The standard InChI is InChI=1S/C21H27NO3/c1-17(2)15-22-21(23)11-9-7-5-3-4-6-8-10-18-12-13-19-20(14-18)25-16-24-19/h5-9,11-14,17H,3-4,10,15-16H2,1-2H3,(H,22,23)/b7-5+,8-6+,11-9+. The highest BCUT2D eigenvalue weighted by Crippen LogP contribution is 2.32. The molecule has 0 aromatic heterocycles. The van der Waals surface area contributed by atoms with Gasteiger partial charge in [0.25, 0.3) is 0 Å². The third-order valence-corrected chi connectivity index (χ3v) is 3.64. The van der Waals surface area contributed by atoms with Crippen molar-refractivity contribution in [3.8, 4) is 11.5 Å². The molecule has 134 valence electrons. The summed E-state index contributed by atoms with van der Waals surface area (Å²) in [4.78, 5) is 11.5. The first kappa shape index (κ1) is 18.8. The van der Waals surface area contributed by atoms with Gasteiger partial charge in [-0.15, -0.1) is 0 Å². The second kappa shape index (κ2) is 10.4. The lowest BCUT2D eigenvalue weighted by molar-refractivity contribution is -0.116. The molecule has 1 amide bonds. The maximum Gasteiger partial charge on any atom is 0.243 e. The monoisotopic (exact) mass is 341 g/mol. The van der Waals surface area contributed by atoms with E-state index < -0.39 is 0 Å². The predicted octanol–water partition coefficient (Wildman–Crippen LogP) is 4.18. The normalized spacial score (nSPS) is 13.6. The van der Waals surface area contributed by atoms with Gasteiger partial charge in [0.2, 0.25) is 12.7 Å². The van der Waals surface area contributed by atoms with Gasteiger partial charge >= 0.3 is 0 Å². The van der Waals surface area contributed by atoms with Gasteiger partial charge in [0.1, 0.15) is 0 Å². The molecule has 0 bridgehead atoms. The van der Waals surface area contributed by atoms with Gasteiger partial charge in [0, 0.05) is 12.6 Å². The summed E-state index contributed by atoms with van der Waals surface area (Å²) in [6.45, 7) is 5.17. The Bertz CT molecular complexity index is 645. The van der Waals surface area contributed by atoms with E-state index in [-0.39, 0.29) is 5.91 Å². The maximum absolute atomic E-state index is 11.5. The summed E-state index contributed by atoms with van der Waals surface area (Å²) in [5.74, 6) is 2.08. The van der Waals surface area contributed by atoms with Crippen molar-refractivity contribution in [2.75, 3.05) is 13.3 Å². The van der Waals surface area contributed by atoms with Gasteiger partial charge in [-0.2, -0.15) is 0 Å². The molecule has 0 atom stereocenters. The zero-order valence-corrected chi connectivity index (χ0v) is 15.0. The van der Waals surface area contributed by atoms with Gasteiger partial charge < -0.3 is 14.8 Å². The Balaban J connectivity index is 1.59. The number of hydrogen-bond donors (Lipinski definition) is 1. The molecule has 4 nitrogen and oxygen atoms in total. The van der Waals surface area contributed by atoms with Crippen LogP contribution in [0.25, 0.3) is 0 Å². The van der Waals surface area contributed by atoms with Crippen LogP contribution in [0.5, 0.6) is 11.5 Å². The number of carbonyl (C=O) groups is 1. The average molecular weight is 341 g/mol. The SMILES string of the molecule is CC(C)CNC(=O)/C=C/C=C/CC/C=C/Cc1ccc2c(c1)OCO2. The van der Waals surface area contributed by atoms with E-state index in [1.807, 2.05) is 18.2 Å². The minimum atomic E-state index is -0.0398. The van der Waals surface area contributed by atoms with Crippen LogP contribution < -0.4 is 14.8 Å². The summed E-state index contributed by atoms with van der Waals surface area (Å²) in [6.07, 6.45) is 14.5. The van der Waals surface area contributed by atoms with Crippen LogP contribution in [0.3, 0.4) is 0 Å². The van der Waals surface area contributed by atoms with E-state index in [1.54, 1.807) is 12.2 Å². The molecule has 1 aromatic carbocycles. The van der Waals surface area contributed by atoms with Gasteiger partial charge in [0.05, 0.1) is 0 Å². The molecule has 2 rings (SSSR count). The summed E-state index contributed by atoms with van der Waals surface area (Å²) >= 11 is 0. The number of benzene rings is 1. The fraction of sp³-hybridized carbons (Fsp3) is 0.381. The number of unbranched alkanes of at least 4 members (excludes halogenated alkanes) is 1. The van der Waals surface area contributed by atoms with E-state index in [0.717, 1.165) is 30.8 Å². The van der Waals surface area contributed by atoms with Crippen LogP contribution in [-0.4, -0.2) is 19.2 Å². The Kier molecular flexibility index (Phi) is 7.83. The quantitative estimate of drug-likeness (QED) is 0.317. The lowest BCUT2D eigenvalue weighted by Crippen LogP contribution is -2.25. The summed E-state index contributed by atoms with van der Waals surface area (Å²) in [7, 11) is 0. The Hall–Kier alpha value is -2.49. The first-order chi connectivity index (χ1) is 12.1. The number of rotatable bonds is 9. The van der Waals surface area contributed by atoms with Gasteiger partial charge in [0.15, 0.2) is 11.5 Å². The highest BCUT2D eigenvalue weighted by Gasteiger charge is 2.12. The molecule has 1 aromatic rings. The summed E-state index contributed by atoms with van der Waals surface area (Å²) in [5, 5.41) is 2.84. The van der Waals surface area contributed by atoms with Crippen molar-refractivity contribution < 1.29 is 14.3 Å². The topological polar surface area (TPSA) is 47.6 Å². The second-order valence-corrected chi connectivity index (χ2v) is 6.37. The number of nitrogens with one attached hydrogen (secondary N) is 1. The number of ether oxygens (including phenoxy) is 2. The van der Waals surface area contributed by atoms with Gasteiger partial charge in [-0.25, -0.2) is 0 Å². The van der Waals surface area contributed by atoms with Crippen LogP contribution in [0.1, 0.15) is 32.3 Å². The van der Waals surface area contributed by atoms with E-state index >= 15 is 0 Å². The number of hydrogen-bond acceptors (Lipinski definition) is 3. The van der Waals surface area contributed by atoms with E-state index in [1.165, 1.54) is 5.56 Å². The first-order valence-corrected chi connectivity index (χ1v) is 8.79. The zero-order chi connectivity index (χ0) is 17.9.